The van der Waals surface area contributed by atoms with Crippen molar-refractivity contribution in [2.24, 2.45) is 17.8 Å². The van der Waals surface area contributed by atoms with Crippen LogP contribution in [0.3, 0.4) is 0 Å². The van der Waals surface area contributed by atoms with E-state index in [9.17, 15) is 5.21 Å². The van der Waals surface area contributed by atoms with Gasteiger partial charge in [-0.2, -0.15) is 4.73 Å². The molecule has 4 saturated carbocycles. The highest BCUT2D eigenvalue weighted by molar-refractivity contribution is 5.92. The SMILES string of the molecule is On1cc2nc(C34C[C@@H]5CC3C[C@H](C5)C4)nc-2c2ccccc21. The third-order valence-electron chi connectivity index (χ3n) is 6.77. The Kier molecular flexibility index (Phi) is 2.07. The van der Waals surface area contributed by atoms with E-state index >= 15 is 0 Å². The number of pyridine rings is 1. The van der Waals surface area contributed by atoms with Gasteiger partial charge in [-0.3, -0.25) is 0 Å². The van der Waals surface area contributed by atoms with Crippen LogP contribution in [0.25, 0.3) is 22.3 Å². The van der Waals surface area contributed by atoms with E-state index < -0.39 is 0 Å². The Hall–Kier alpha value is -2.10. The van der Waals surface area contributed by atoms with Crippen molar-refractivity contribution < 1.29 is 5.21 Å². The zero-order valence-corrected chi connectivity index (χ0v) is 12.9. The van der Waals surface area contributed by atoms with E-state index in [0.29, 0.717) is 0 Å². The summed E-state index contributed by atoms with van der Waals surface area (Å²) < 4.78 is 1.19. The van der Waals surface area contributed by atoms with E-state index in [-0.39, 0.29) is 5.41 Å². The van der Waals surface area contributed by atoms with Gasteiger partial charge < -0.3 is 5.21 Å². The van der Waals surface area contributed by atoms with Gasteiger partial charge >= 0.3 is 0 Å². The van der Waals surface area contributed by atoms with Gasteiger partial charge in [0.1, 0.15) is 17.2 Å². The Morgan fingerprint density at radius 3 is 2.65 bits per heavy atom. The second kappa shape index (κ2) is 3.86. The van der Waals surface area contributed by atoms with E-state index in [0.717, 1.165) is 45.9 Å². The molecule has 0 amide bonds. The average molecular weight is 305 g/mol. The van der Waals surface area contributed by atoms with Gasteiger partial charge in [0.05, 0.1) is 11.7 Å². The molecule has 6 aliphatic rings. The summed E-state index contributed by atoms with van der Waals surface area (Å²) in [5, 5.41) is 11.2. The third-order valence-corrected chi connectivity index (χ3v) is 6.77. The lowest BCUT2D eigenvalue weighted by molar-refractivity contribution is 0.198. The number of nitrogens with zero attached hydrogens (tertiary/aromatic N) is 3. The van der Waals surface area contributed by atoms with Crippen molar-refractivity contribution in [3.05, 3.63) is 36.3 Å². The quantitative estimate of drug-likeness (QED) is 0.695. The fraction of sp³-hybridized carbons (Fsp3) is 0.474. The third kappa shape index (κ3) is 1.42. The van der Waals surface area contributed by atoms with Crippen molar-refractivity contribution in [3.63, 3.8) is 0 Å². The van der Waals surface area contributed by atoms with Crippen molar-refractivity contribution in [1.29, 1.82) is 0 Å². The van der Waals surface area contributed by atoms with E-state index in [4.69, 9.17) is 9.97 Å². The van der Waals surface area contributed by atoms with Crippen molar-refractivity contribution in [2.75, 3.05) is 0 Å². The molecule has 2 aliphatic heterocycles. The van der Waals surface area contributed by atoms with Crippen LogP contribution in [0.5, 0.6) is 0 Å². The zero-order chi connectivity index (χ0) is 15.2. The molecule has 2 heterocycles. The van der Waals surface area contributed by atoms with E-state index in [2.05, 4.69) is 0 Å². The number of rotatable bonds is 1. The number of hydrogen-bond donors (Lipinski definition) is 1. The number of fused-ring (bicyclic) bond motifs is 3. The minimum atomic E-state index is 0.230. The molecular formula is C19H19N3O. The molecule has 0 saturated heterocycles. The summed E-state index contributed by atoms with van der Waals surface area (Å²) in [6.07, 6.45) is 8.45. The second-order valence-electron chi connectivity index (χ2n) is 7.97. The maximum atomic E-state index is 10.2. The normalized spacial score (nSPS) is 34.9. The standard InChI is InChI=1S/C19H19N3O/c23-22-10-15-17(14-3-1-2-4-16(14)22)21-18(20-15)19-8-11-5-12(9-19)7-13(19)6-11/h1-4,10-13,23H,5-9H2/t11-,12-,13?,19?/m0/s1. The molecule has 23 heavy (non-hydrogen) atoms. The highest BCUT2D eigenvalue weighted by atomic mass is 16.5. The van der Waals surface area contributed by atoms with Gasteiger partial charge in [0.2, 0.25) is 0 Å². The minimum Gasteiger partial charge on any atom is -0.428 e. The van der Waals surface area contributed by atoms with Crippen LogP contribution in [0.4, 0.5) is 0 Å². The predicted octanol–water partition coefficient (Wildman–Crippen LogP) is 3.85. The summed E-state index contributed by atoms with van der Waals surface area (Å²) in [4.78, 5) is 9.92. The van der Waals surface area contributed by atoms with Crippen molar-refractivity contribution in [2.45, 2.75) is 37.5 Å². The molecule has 2 atom stereocenters. The van der Waals surface area contributed by atoms with Crippen molar-refractivity contribution in [1.82, 2.24) is 14.7 Å². The second-order valence-corrected chi connectivity index (χ2v) is 7.97. The maximum Gasteiger partial charge on any atom is 0.136 e. The van der Waals surface area contributed by atoms with Gasteiger partial charge in [-0.15, -0.1) is 0 Å². The Bertz CT molecular complexity index is 900. The van der Waals surface area contributed by atoms with Crippen LogP contribution in [0, 0.1) is 17.8 Å². The molecule has 1 aromatic rings. The maximum absolute atomic E-state index is 10.2. The number of hydrogen-bond acceptors (Lipinski definition) is 3. The largest absolute Gasteiger partial charge is 0.428 e. The fourth-order valence-electron chi connectivity index (χ4n) is 6.09. The average Bonchev–Trinajstić information content (AvgIpc) is 3.16. The number of imidazole rings is 1. The summed E-state index contributed by atoms with van der Waals surface area (Å²) in [7, 11) is 0. The van der Waals surface area contributed by atoms with Crippen LogP contribution < -0.4 is 0 Å². The minimum absolute atomic E-state index is 0.230. The molecule has 0 radical (unpaired) electrons. The lowest BCUT2D eigenvalue weighted by Crippen LogP contribution is -2.29. The van der Waals surface area contributed by atoms with Crippen LogP contribution in [-0.4, -0.2) is 19.9 Å². The fourth-order valence-corrected chi connectivity index (χ4v) is 6.09. The van der Waals surface area contributed by atoms with Gasteiger partial charge in [0, 0.05) is 10.8 Å². The Morgan fingerprint density at radius 1 is 1.04 bits per heavy atom. The molecule has 0 unspecified atom stereocenters. The topological polar surface area (TPSA) is 50.9 Å². The summed E-state index contributed by atoms with van der Waals surface area (Å²) in [5.41, 5.74) is 2.79. The van der Waals surface area contributed by atoms with Gasteiger partial charge in [-0.05, 0) is 55.9 Å². The first-order valence-electron chi connectivity index (χ1n) is 8.70. The van der Waals surface area contributed by atoms with Crippen LogP contribution in [0.1, 0.15) is 37.9 Å². The predicted molar refractivity (Wildman–Crippen MR) is 86.6 cm³/mol. The molecule has 1 aromatic carbocycles. The molecule has 4 bridgehead atoms. The lowest BCUT2D eigenvalue weighted by Gasteiger charge is -2.30. The molecule has 4 heteroatoms. The molecule has 1 N–H and O–H groups in total. The molecule has 4 aliphatic carbocycles. The lowest BCUT2D eigenvalue weighted by atomic mass is 9.75. The Morgan fingerprint density at radius 2 is 1.83 bits per heavy atom. The van der Waals surface area contributed by atoms with Gasteiger partial charge in [-0.1, -0.05) is 18.2 Å². The summed E-state index contributed by atoms with van der Waals surface area (Å²) in [6, 6.07) is 7.88. The molecular weight excluding hydrogens is 286 g/mol. The highest BCUT2D eigenvalue weighted by Crippen LogP contribution is 2.65. The summed E-state index contributed by atoms with van der Waals surface area (Å²) in [5.74, 6) is 3.64. The molecule has 0 spiro atoms. The number of aromatic nitrogens is 3. The first-order valence-corrected chi connectivity index (χ1v) is 8.70. The Balaban J connectivity index is 1.61. The van der Waals surface area contributed by atoms with E-state index in [1.807, 2.05) is 24.3 Å². The van der Waals surface area contributed by atoms with Gasteiger partial charge in [-0.25, -0.2) is 9.97 Å². The van der Waals surface area contributed by atoms with Crippen molar-refractivity contribution in [3.8, 4) is 11.4 Å². The number of para-hydroxylation sites is 1. The van der Waals surface area contributed by atoms with Gasteiger partial charge in [0.15, 0.2) is 0 Å². The first kappa shape index (κ1) is 12.3. The smallest absolute Gasteiger partial charge is 0.136 e. The highest BCUT2D eigenvalue weighted by Gasteiger charge is 2.60. The van der Waals surface area contributed by atoms with Crippen LogP contribution in [0.2, 0.25) is 0 Å². The summed E-state index contributed by atoms with van der Waals surface area (Å²) >= 11 is 0. The Labute approximate surface area is 134 Å². The first-order chi connectivity index (χ1) is 11.2. The van der Waals surface area contributed by atoms with Gasteiger partial charge in [0.25, 0.3) is 0 Å². The number of benzene rings is 1. The monoisotopic (exact) mass is 305 g/mol. The molecule has 4 nitrogen and oxygen atoms in total. The van der Waals surface area contributed by atoms with Crippen LogP contribution in [-0.2, 0) is 5.41 Å². The molecule has 7 rings (SSSR count). The molecule has 116 valence electrons. The summed E-state index contributed by atoms with van der Waals surface area (Å²) in [6.45, 7) is 0. The molecule has 4 fully saturated rings. The molecule has 0 aromatic heterocycles. The van der Waals surface area contributed by atoms with E-state index in [1.54, 1.807) is 6.20 Å². The van der Waals surface area contributed by atoms with Crippen molar-refractivity contribution >= 4 is 10.9 Å². The van der Waals surface area contributed by atoms with E-state index in [1.165, 1.54) is 36.8 Å². The van der Waals surface area contributed by atoms with Crippen LogP contribution in [0.15, 0.2) is 30.5 Å². The van der Waals surface area contributed by atoms with Crippen LogP contribution >= 0.6 is 0 Å². The zero-order valence-electron chi connectivity index (χ0n) is 12.9.